The first-order valence-electron chi connectivity index (χ1n) is 6.89. The summed E-state index contributed by atoms with van der Waals surface area (Å²) < 4.78 is 0.843. The van der Waals surface area contributed by atoms with Crippen LogP contribution in [-0.4, -0.2) is 26.8 Å². The normalized spacial score (nSPS) is 22.0. The summed E-state index contributed by atoms with van der Waals surface area (Å²) in [6.45, 7) is 0. The number of fused-ring (bicyclic) bond motifs is 3. The van der Waals surface area contributed by atoms with Crippen LogP contribution < -0.4 is 0 Å². The Labute approximate surface area is 134 Å². The molecule has 2 heterocycles. The molecule has 0 saturated heterocycles. The number of ketones is 1. The highest BCUT2D eigenvalue weighted by molar-refractivity contribution is 9.10. The SMILES string of the molecule is O=C(O)c1cnc2c(c1)C[C@@]1(C2)C(=O)Cc2ncc(Br)cc21. The van der Waals surface area contributed by atoms with Crippen molar-refractivity contribution in [3.63, 3.8) is 0 Å². The van der Waals surface area contributed by atoms with E-state index in [1.807, 2.05) is 6.07 Å². The van der Waals surface area contributed by atoms with Gasteiger partial charge < -0.3 is 5.11 Å². The Hall–Kier alpha value is -2.08. The molecule has 0 bridgehead atoms. The molecule has 2 aliphatic carbocycles. The van der Waals surface area contributed by atoms with Gasteiger partial charge in [-0.25, -0.2) is 4.79 Å². The first-order valence-corrected chi connectivity index (χ1v) is 7.68. The molecule has 1 atom stereocenters. The number of Topliss-reactive ketones (excluding diaryl/α,β-unsaturated/α-hetero) is 1. The minimum Gasteiger partial charge on any atom is -0.478 e. The van der Waals surface area contributed by atoms with Crippen molar-refractivity contribution in [2.24, 2.45) is 0 Å². The van der Waals surface area contributed by atoms with E-state index in [0.717, 1.165) is 27.0 Å². The number of carbonyl (C=O) groups is 2. The second-order valence-corrected chi connectivity index (χ2v) is 6.73. The minimum absolute atomic E-state index is 0.142. The molecule has 4 rings (SSSR count). The van der Waals surface area contributed by atoms with E-state index in [1.54, 1.807) is 12.3 Å². The van der Waals surface area contributed by atoms with Crippen LogP contribution in [0, 0.1) is 0 Å². The maximum atomic E-state index is 12.7. The van der Waals surface area contributed by atoms with Crippen molar-refractivity contribution in [1.29, 1.82) is 0 Å². The molecule has 0 saturated carbocycles. The molecule has 0 unspecified atom stereocenters. The third-order valence-electron chi connectivity index (χ3n) is 4.58. The third kappa shape index (κ3) is 1.76. The van der Waals surface area contributed by atoms with Gasteiger partial charge in [-0.1, -0.05) is 0 Å². The second-order valence-electron chi connectivity index (χ2n) is 5.82. The second kappa shape index (κ2) is 4.46. The fourth-order valence-electron chi connectivity index (χ4n) is 3.52. The first-order chi connectivity index (χ1) is 10.5. The quantitative estimate of drug-likeness (QED) is 0.844. The highest BCUT2D eigenvalue weighted by Gasteiger charge is 2.51. The first kappa shape index (κ1) is 13.6. The maximum Gasteiger partial charge on any atom is 0.337 e. The Balaban J connectivity index is 1.84. The predicted molar refractivity (Wildman–Crippen MR) is 80.9 cm³/mol. The standard InChI is InChI=1S/C16H11BrN2O3/c17-10-2-11-12(19-7-10)3-14(20)16(11)4-8-1-9(15(21)22)6-18-13(8)5-16/h1-2,6-7H,3-5H2,(H,21,22)/t16-/m0/s1. The molecule has 2 aromatic heterocycles. The Morgan fingerprint density at radius 2 is 1.95 bits per heavy atom. The van der Waals surface area contributed by atoms with E-state index in [2.05, 4.69) is 25.9 Å². The largest absolute Gasteiger partial charge is 0.478 e. The molecule has 0 radical (unpaired) electrons. The average molecular weight is 359 g/mol. The molecular formula is C16H11BrN2O3. The van der Waals surface area contributed by atoms with E-state index in [4.69, 9.17) is 5.11 Å². The fraction of sp³-hybridized carbons (Fsp3) is 0.250. The summed E-state index contributed by atoms with van der Waals surface area (Å²) in [5.74, 6) is -0.859. The molecule has 1 N–H and O–H groups in total. The van der Waals surface area contributed by atoms with Crippen molar-refractivity contribution in [3.05, 3.63) is 57.1 Å². The van der Waals surface area contributed by atoms with Crippen LogP contribution in [-0.2, 0) is 29.5 Å². The number of aromatic nitrogens is 2. The van der Waals surface area contributed by atoms with Crippen LogP contribution in [0.1, 0.15) is 32.9 Å². The topological polar surface area (TPSA) is 80.1 Å². The number of nitrogens with zero attached hydrogens (tertiary/aromatic N) is 2. The van der Waals surface area contributed by atoms with Crippen LogP contribution in [0.3, 0.4) is 0 Å². The van der Waals surface area contributed by atoms with Crippen molar-refractivity contribution in [2.45, 2.75) is 24.7 Å². The van der Waals surface area contributed by atoms with Crippen molar-refractivity contribution in [2.75, 3.05) is 0 Å². The molecule has 0 fully saturated rings. The minimum atomic E-state index is -1.00. The number of halogens is 1. The number of carboxylic acid groups (broad SMARTS) is 1. The number of hydrogen-bond donors (Lipinski definition) is 1. The number of hydrogen-bond acceptors (Lipinski definition) is 4. The highest BCUT2D eigenvalue weighted by atomic mass is 79.9. The third-order valence-corrected chi connectivity index (χ3v) is 5.02. The van der Waals surface area contributed by atoms with Gasteiger partial charge in [0.1, 0.15) is 5.78 Å². The van der Waals surface area contributed by atoms with Gasteiger partial charge in [-0.2, -0.15) is 0 Å². The Morgan fingerprint density at radius 3 is 2.73 bits per heavy atom. The molecule has 0 amide bonds. The van der Waals surface area contributed by atoms with Gasteiger partial charge in [0.15, 0.2) is 0 Å². The van der Waals surface area contributed by atoms with Crippen LogP contribution in [0.2, 0.25) is 0 Å². The Kier molecular flexibility index (Phi) is 2.75. The van der Waals surface area contributed by atoms with Gasteiger partial charge in [-0.3, -0.25) is 14.8 Å². The molecule has 1 spiro atoms. The van der Waals surface area contributed by atoms with Crippen molar-refractivity contribution in [1.82, 2.24) is 9.97 Å². The number of aromatic carboxylic acids is 1. The summed E-state index contributed by atoms with van der Waals surface area (Å²) in [4.78, 5) is 32.4. The summed E-state index contributed by atoms with van der Waals surface area (Å²) in [6, 6.07) is 3.59. The van der Waals surface area contributed by atoms with Gasteiger partial charge in [0.05, 0.1) is 16.7 Å². The van der Waals surface area contributed by atoms with Crippen molar-refractivity contribution < 1.29 is 14.7 Å². The Morgan fingerprint density at radius 1 is 1.18 bits per heavy atom. The van der Waals surface area contributed by atoms with Crippen LogP contribution >= 0.6 is 15.9 Å². The number of rotatable bonds is 1. The molecule has 22 heavy (non-hydrogen) atoms. The van der Waals surface area contributed by atoms with E-state index < -0.39 is 11.4 Å². The Bertz CT molecular complexity index is 849. The highest BCUT2D eigenvalue weighted by Crippen LogP contribution is 2.46. The average Bonchev–Trinajstić information content (AvgIpc) is 2.99. The number of pyridine rings is 2. The molecule has 2 aromatic rings. The fourth-order valence-corrected chi connectivity index (χ4v) is 3.85. The summed E-state index contributed by atoms with van der Waals surface area (Å²) in [5.41, 5.74) is 2.96. The lowest BCUT2D eigenvalue weighted by Gasteiger charge is -2.22. The maximum absolute atomic E-state index is 12.7. The van der Waals surface area contributed by atoms with Gasteiger partial charge >= 0.3 is 5.97 Å². The zero-order chi connectivity index (χ0) is 15.5. The lowest BCUT2D eigenvalue weighted by Crippen LogP contribution is -2.32. The molecular weight excluding hydrogens is 348 g/mol. The van der Waals surface area contributed by atoms with Crippen molar-refractivity contribution >= 4 is 27.7 Å². The molecule has 0 aliphatic heterocycles. The predicted octanol–water partition coefficient (Wildman–Crippen LogP) is 2.10. The van der Waals surface area contributed by atoms with Gasteiger partial charge in [-0.05, 0) is 45.6 Å². The number of carboxylic acids is 1. The summed E-state index contributed by atoms with van der Waals surface area (Å²) in [6.07, 6.45) is 4.42. The number of carbonyl (C=O) groups excluding carboxylic acids is 1. The molecule has 0 aromatic carbocycles. The molecule has 5 nitrogen and oxygen atoms in total. The van der Waals surface area contributed by atoms with Gasteiger partial charge in [0.2, 0.25) is 0 Å². The zero-order valence-corrected chi connectivity index (χ0v) is 13.1. The van der Waals surface area contributed by atoms with E-state index in [0.29, 0.717) is 19.3 Å². The van der Waals surface area contributed by atoms with E-state index in [1.165, 1.54) is 6.20 Å². The summed E-state index contributed by atoms with van der Waals surface area (Å²) >= 11 is 3.41. The van der Waals surface area contributed by atoms with E-state index in [9.17, 15) is 9.59 Å². The lowest BCUT2D eigenvalue weighted by molar-refractivity contribution is -0.122. The van der Waals surface area contributed by atoms with Gasteiger partial charge in [-0.15, -0.1) is 0 Å². The summed E-state index contributed by atoms with van der Waals surface area (Å²) in [5, 5.41) is 9.10. The van der Waals surface area contributed by atoms with E-state index in [-0.39, 0.29) is 11.3 Å². The van der Waals surface area contributed by atoms with Crippen LogP contribution in [0.5, 0.6) is 0 Å². The van der Waals surface area contributed by atoms with E-state index >= 15 is 0 Å². The zero-order valence-electron chi connectivity index (χ0n) is 11.5. The molecule has 6 heteroatoms. The molecule has 2 aliphatic rings. The summed E-state index contributed by atoms with van der Waals surface area (Å²) in [7, 11) is 0. The van der Waals surface area contributed by atoms with Crippen molar-refractivity contribution in [3.8, 4) is 0 Å². The monoisotopic (exact) mass is 358 g/mol. The smallest absolute Gasteiger partial charge is 0.337 e. The molecule has 110 valence electrons. The van der Waals surface area contributed by atoms with Crippen LogP contribution in [0.15, 0.2) is 29.0 Å². The van der Waals surface area contributed by atoms with Crippen LogP contribution in [0.25, 0.3) is 0 Å². The lowest BCUT2D eigenvalue weighted by atomic mass is 9.79. The van der Waals surface area contributed by atoms with Gasteiger partial charge in [0, 0.05) is 35.4 Å². The van der Waals surface area contributed by atoms with Crippen LogP contribution in [0.4, 0.5) is 0 Å². The van der Waals surface area contributed by atoms with Gasteiger partial charge in [0.25, 0.3) is 0 Å².